The summed E-state index contributed by atoms with van der Waals surface area (Å²) in [5, 5.41) is 11.1. The molecule has 3 aromatic rings. The number of benzene rings is 2. The second-order valence-corrected chi connectivity index (χ2v) is 7.72. The predicted molar refractivity (Wildman–Crippen MR) is 124 cm³/mol. The molecule has 168 valence electrons. The molecular formula is C25H29N3O4. The molecule has 0 saturated heterocycles. The number of methoxy groups -OCH3 is 1. The molecule has 1 amide bonds. The van der Waals surface area contributed by atoms with Crippen molar-refractivity contribution in [2.45, 2.75) is 39.3 Å². The highest BCUT2D eigenvalue weighted by Gasteiger charge is 2.19. The van der Waals surface area contributed by atoms with E-state index < -0.39 is 4.92 Å². The molecule has 0 unspecified atom stereocenters. The lowest BCUT2D eigenvalue weighted by molar-refractivity contribution is -0.384. The number of hydrogen-bond acceptors (Lipinski definition) is 4. The van der Waals surface area contributed by atoms with Crippen LogP contribution in [0.2, 0.25) is 0 Å². The lowest BCUT2D eigenvalue weighted by atomic mass is 10.1. The van der Waals surface area contributed by atoms with E-state index in [1.165, 1.54) is 12.1 Å². The Morgan fingerprint density at radius 1 is 1.09 bits per heavy atom. The molecular weight excluding hydrogens is 406 g/mol. The van der Waals surface area contributed by atoms with Crippen LogP contribution in [-0.4, -0.2) is 34.0 Å². The molecule has 0 aliphatic rings. The van der Waals surface area contributed by atoms with Crippen LogP contribution in [-0.2, 0) is 13.1 Å². The van der Waals surface area contributed by atoms with Gasteiger partial charge in [0.05, 0.1) is 18.6 Å². The Bertz CT molecular complexity index is 1060. The number of nitro groups is 1. The largest absolute Gasteiger partial charge is 0.497 e. The highest BCUT2D eigenvalue weighted by atomic mass is 16.6. The van der Waals surface area contributed by atoms with Gasteiger partial charge in [-0.25, -0.2) is 0 Å². The van der Waals surface area contributed by atoms with Crippen LogP contribution in [0.4, 0.5) is 5.69 Å². The molecule has 0 radical (unpaired) electrons. The molecule has 0 atom stereocenters. The van der Waals surface area contributed by atoms with Crippen molar-refractivity contribution < 1.29 is 14.5 Å². The summed E-state index contributed by atoms with van der Waals surface area (Å²) in [6, 6.07) is 17.8. The van der Waals surface area contributed by atoms with E-state index in [0.29, 0.717) is 25.2 Å². The first kappa shape index (κ1) is 23.1. The lowest BCUT2D eigenvalue weighted by Gasteiger charge is -2.24. The van der Waals surface area contributed by atoms with E-state index >= 15 is 0 Å². The second-order valence-electron chi connectivity index (χ2n) is 7.72. The Balaban J connectivity index is 1.81. The first-order valence-corrected chi connectivity index (χ1v) is 10.8. The Hall–Kier alpha value is -3.61. The molecule has 32 heavy (non-hydrogen) atoms. The summed E-state index contributed by atoms with van der Waals surface area (Å²) < 4.78 is 7.43. The van der Waals surface area contributed by atoms with Crippen molar-refractivity contribution in [1.29, 1.82) is 0 Å². The summed E-state index contributed by atoms with van der Waals surface area (Å²) in [5.41, 5.74) is 2.36. The third-order valence-corrected chi connectivity index (χ3v) is 5.39. The number of rotatable bonds is 11. The average Bonchev–Trinajstić information content (AvgIpc) is 3.24. The minimum absolute atomic E-state index is 0.0780. The number of non-ortho nitro benzene ring substituents is 1. The zero-order chi connectivity index (χ0) is 22.9. The van der Waals surface area contributed by atoms with Crippen LogP contribution in [0.1, 0.15) is 47.8 Å². The summed E-state index contributed by atoms with van der Waals surface area (Å²) in [6.07, 6.45) is 4.94. The van der Waals surface area contributed by atoms with Crippen molar-refractivity contribution in [2.24, 2.45) is 0 Å². The smallest absolute Gasteiger partial charge is 0.270 e. The van der Waals surface area contributed by atoms with Crippen molar-refractivity contribution in [1.82, 2.24) is 9.47 Å². The van der Waals surface area contributed by atoms with Crippen LogP contribution in [0.25, 0.3) is 0 Å². The van der Waals surface area contributed by atoms with E-state index in [2.05, 4.69) is 11.5 Å². The van der Waals surface area contributed by atoms with E-state index in [1.807, 2.05) is 42.6 Å². The molecule has 0 fully saturated rings. The first-order valence-electron chi connectivity index (χ1n) is 10.8. The van der Waals surface area contributed by atoms with Gasteiger partial charge in [-0.1, -0.05) is 38.0 Å². The van der Waals surface area contributed by atoms with Gasteiger partial charge in [0.1, 0.15) is 5.75 Å². The lowest BCUT2D eigenvalue weighted by Crippen LogP contribution is -2.32. The predicted octanol–water partition coefficient (Wildman–Crippen LogP) is 5.29. The number of hydrogen-bond donors (Lipinski definition) is 0. The summed E-state index contributed by atoms with van der Waals surface area (Å²) in [5.74, 6) is 0.609. The standard InChI is InChI=1S/C25H29N3O4/c1-3-4-5-14-27(25(29)21-10-7-11-22(17-21)28(30)31)19-23-12-8-15-26(23)18-20-9-6-13-24(16-20)32-2/h6-13,15-17H,3-5,14,18-19H2,1-2H3. The molecule has 2 aromatic carbocycles. The molecule has 3 rings (SSSR count). The first-order chi connectivity index (χ1) is 15.5. The maximum absolute atomic E-state index is 13.3. The Labute approximate surface area is 188 Å². The van der Waals surface area contributed by atoms with Gasteiger partial charge < -0.3 is 14.2 Å². The minimum Gasteiger partial charge on any atom is -0.497 e. The number of ether oxygens (including phenoxy) is 1. The number of carbonyl (C=O) groups excluding carboxylic acids is 1. The third-order valence-electron chi connectivity index (χ3n) is 5.39. The normalized spacial score (nSPS) is 10.7. The fourth-order valence-electron chi connectivity index (χ4n) is 3.65. The molecule has 0 N–H and O–H groups in total. The van der Waals surface area contributed by atoms with Gasteiger partial charge in [0, 0.05) is 42.7 Å². The van der Waals surface area contributed by atoms with Crippen molar-refractivity contribution in [2.75, 3.05) is 13.7 Å². The number of unbranched alkanes of at least 4 members (excludes halogenated alkanes) is 2. The maximum Gasteiger partial charge on any atom is 0.270 e. The zero-order valence-corrected chi connectivity index (χ0v) is 18.6. The van der Waals surface area contributed by atoms with Crippen LogP contribution in [0.5, 0.6) is 5.75 Å². The summed E-state index contributed by atoms with van der Waals surface area (Å²) in [4.78, 5) is 25.7. The van der Waals surface area contributed by atoms with Gasteiger partial charge in [0.15, 0.2) is 0 Å². The fourth-order valence-corrected chi connectivity index (χ4v) is 3.65. The highest BCUT2D eigenvalue weighted by molar-refractivity contribution is 5.94. The topological polar surface area (TPSA) is 77.6 Å². The summed E-state index contributed by atoms with van der Waals surface area (Å²) >= 11 is 0. The van der Waals surface area contributed by atoms with Crippen LogP contribution < -0.4 is 4.74 Å². The van der Waals surface area contributed by atoms with E-state index in [-0.39, 0.29) is 11.6 Å². The zero-order valence-electron chi connectivity index (χ0n) is 18.6. The fraction of sp³-hybridized carbons (Fsp3) is 0.320. The van der Waals surface area contributed by atoms with Crippen molar-refractivity contribution in [3.05, 3.63) is 93.8 Å². The summed E-state index contributed by atoms with van der Waals surface area (Å²) in [7, 11) is 1.65. The van der Waals surface area contributed by atoms with Crippen LogP contribution in [0, 0.1) is 10.1 Å². The molecule has 7 nitrogen and oxygen atoms in total. The van der Waals surface area contributed by atoms with Gasteiger partial charge in [-0.05, 0) is 42.3 Å². The number of nitro benzene ring substituents is 1. The Morgan fingerprint density at radius 3 is 2.66 bits per heavy atom. The number of nitrogens with zero attached hydrogens (tertiary/aromatic N) is 3. The molecule has 0 bridgehead atoms. The molecule has 0 aliphatic carbocycles. The van der Waals surface area contributed by atoms with Crippen molar-refractivity contribution in [3.8, 4) is 5.75 Å². The minimum atomic E-state index is -0.475. The van der Waals surface area contributed by atoms with Crippen LogP contribution in [0.15, 0.2) is 66.9 Å². The SMILES string of the molecule is CCCCCN(Cc1cccn1Cc1cccc(OC)c1)C(=O)c1cccc([N+](=O)[O-])c1. The van der Waals surface area contributed by atoms with Crippen LogP contribution in [0.3, 0.4) is 0 Å². The average molecular weight is 436 g/mol. The summed E-state index contributed by atoms with van der Waals surface area (Å²) in [6.45, 7) is 3.81. The van der Waals surface area contributed by atoms with E-state index in [0.717, 1.165) is 36.3 Å². The van der Waals surface area contributed by atoms with Crippen molar-refractivity contribution in [3.63, 3.8) is 0 Å². The number of carbonyl (C=O) groups is 1. The van der Waals surface area contributed by atoms with Gasteiger partial charge in [0.2, 0.25) is 0 Å². The number of amides is 1. The molecule has 0 spiro atoms. The van der Waals surface area contributed by atoms with E-state index in [9.17, 15) is 14.9 Å². The highest BCUT2D eigenvalue weighted by Crippen LogP contribution is 2.19. The quantitative estimate of drug-likeness (QED) is 0.233. The second kappa shape index (κ2) is 11.1. The molecule has 7 heteroatoms. The van der Waals surface area contributed by atoms with Crippen LogP contribution >= 0.6 is 0 Å². The van der Waals surface area contributed by atoms with Gasteiger partial charge >= 0.3 is 0 Å². The molecule has 1 aromatic heterocycles. The third kappa shape index (κ3) is 5.97. The molecule has 1 heterocycles. The molecule has 0 aliphatic heterocycles. The van der Waals surface area contributed by atoms with E-state index in [4.69, 9.17) is 4.74 Å². The van der Waals surface area contributed by atoms with Crippen molar-refractivity contribution >= 4 is 11.6 Å². The monoisotopic (exact) mass is 435 g/mol. The Morgan fingerprint density at radius 2 is 1.91 bits per heavy atom. The van der Waals surface area contributed by atoms with Gasteiger partial charge in [-0.15, -0.1) is 0 Å². The van der Waals surface area contributed by atoms with Gasteiger partial charge in [0.25, 0.3) is 11.6 Å². The molecule has 0 saturated carbocycles. The number of aromatic nitrogens is 1. The Kier molecular flexibility index (Phi) is 8.02. The van der Waals surface area contributed by atoms with E-state index in [1.54, 1.807) is 24.1 Å². The van der Waals surface area contributed by atoms with Gasteiger partial charge in [-0.3, -0.25) is 14.9 Å². The van der Waals surface area contributed by atoms with Gasteiger partial charge in [-0.2, -0.15) is 0 Å². The maximum atomic E-state index is 13.3.